The second-order valence-electron chi connectivity index (χ2n) is 3.35. The molecule has 0 radical (unpaired) electrons. The van der Waals surface area contributed by atoms with Crippen molar-refractivity contribution in [2.75, 3.05) is 32.9 Å². The highest BCUT2D eigenvalue weighted by molar-refractivity contribution is 7.84. The Morgan fingerprint density at radius 2 is 2.14 bits per heavy atom. The molecule has 5 heteroatoms. The summed E-state index contributed by atoms with van der Waals surface area (Å²) in [6.07, 6.45) is 1.67. The van der Waals surface area contributed by atoms with Gasteiger partial charge in [-0.2, -0.15) is 0 Å². The minimum atomic E-state index is -0.825. The van der Waals surface area contributed by atoms with Crippen LogP contribution < -0.4 is 5.32 Å². The second kappa shape index (κ2) is 6.95. The third-order valence-corrected chi connectivity index (χ3v) is 3.47. The van der Waals surface area contributed by atoms with Crippen molar-refractivity contribution in [3.05, 3.63) is 0 Å². The van der Waals surface area contributed by atoms with Crippen molar-refractivity contribution in [2.24, 2.45) is 0 Å². The molecule has 4 nitrogen and oxygen atoms in total. The van der Waals surface area contributed by atoms with E-state index in [0.29, 0.717) is 13.1 Å². The first kappa shape index (κ1) is 13.6. The first-order valence-corrected chi connectivity index (χ1v) is 6.38. The van der Waals surface area contributed by atoms with Gasteiger partial charge in [0.25, 0.3) is 0 Å². The summed E-state index contributed by atoms with van der Waals surface area (Å²) in [6.45, 7) is 5.49. The maximum Gasteiger partial charge on any atom is 0.236 e. The highest BCUT2D eigenvalue weighted by atomic mass is 32.2. The molecule has 0 fully saturated rings. The Bertz CT molecular complexity index is 209. The van der Waals surface area contributed by atoms with Gasteiger partial charge in [-0.3, -0.25) is 9.00 Å². The van der Waals surface area contributed by atoms with Gasteiger partial charge < -0.3 is 10.2 Å². The summed E-state index contributed by atoms with van der Waals surface area (Å²) in [4.78, 5) is 13.0. The molecular formula is C9H20N2O2S. The normalized spacial score (nSPS) is 14.9. The molecule has 0 spiro atoms. The highest BCUT2D eigenvalue weighted by Gasteiger charge is 2.08. The molecule has 0 aliphatic carbocycles. The van der Waals surface area contributed by atoms with E-state index in [-0.39, 0.29) is 11.2 Å². The summed E-state index contributed by atoms with van der Waals surface area (Å²) >= 11 is 0. The molecule has 2 unspecified atom stereocenters. The molecule has 0 saturated heterocycles. The highest BCUT2D eigenvalue weighted by Crippen LogP contribution is 1.89. The predicted octanol–water partition coefficient (Wildman–Crippen LogP) is -0.179. The van der Waals surface area contributed by atoms with Crippen LogP contribution in [-0.2, 0) is 15.6 Å². The van der Waals surface area contributed by atoms with Crippen molar-refractivity contribution in [2.45, 2.75) is 19.1 Å². The van der Waals surface area contributed by atoms with Gasteiger partial charge in [-0.1, -0.05) is 0 Å². The lowest BCUT2D eigenvalue weighted by molar-refractivity contribution is -0.128. The minimum absolute atomic E-state index is 0.0709. The van der Waals surface area contributed by atoms with Crippen molar-refractivity contribution in [3.8, 4) is 0 Å². The van der Waals surface area contributed by atoms with Gasteiger partial charge in [0.2, 0.25) is 5.91 Å². The van der Waals surface area contributed by atoms with E-state index in [1.807, 2.05) is 13.8 Å². The van der Waals surface area contributed by atoms with Gasteiger partial charge in [-0.05, 0) is 13.8 Å². The largest absolute Gasteiger partial charge is 0.345 e. The Kier molecular flexibility index (Phi) is 6.74. The van der Waals surface area contributed by atoms with Crippen LogP contribution in [0.5, 0.6) is 0 Å². The average molecular weight is 220 g/mol. The summed E-state index contributed by atoms with van der Waals surface area (Å²) in [5.41, 5.74) is 0. The molecular weight excluding hydrogens is 200 g/mol. The van der Waals surface area contributed by atoms with Crippen molar-refractivity contribution in [3.63, 3.8) is 0 Å². The van der Waals surface area contributed by atoms with Crippen LogP contribution in [0.3, 0.4) is 0 Å². The van der Waals surface area contributed by atoms with E-state index in [9.17, 15) is 9.00 Å². The van der Waals surface area contributed by atoms with E-state index in [1.165, 1.54) is 0 Å². The molecule has 0 aromatic heterocycles. The zero-order valence-electron chi connectivity index (χ0n) is 9.37. The van der Waals surface area contributed by atoms with Crippen LogP contribution in [0.1, 0.15) is 13.8 Å². The summed E-state index contributed by atoms with van der Waals surface area (Å²) in [5, 5.41) is 3.09. The maximum atomic E-state index is 11.3. The number of hydrogen-bond acceptors (Lipinski definition) is 3. The second-order valence-corrected chi connectivity index (χ2v) is 5.15. The molecule has 1 amide bonds. The van der Waals surface area contributed by atoms with Gasteiger partial charge in [0.15, 0.2) is 0 Å². The zero-order valence-corrected chi connectivity index (χ0v) is 10.2. The van der Waals surface area contributed by atoms with Crippen LogP contribution in [0.2, 0.25) is 0 Å². The number of hydrogen-bond donors (Lipinski definition) is 1. The summed E-state index contributed by atoms with van der Waals surface area (Å²) < 4.78 is 11.0. The van der Waals surface area contributed by atoms with Crippen molar-refractivity contribution in [1.82, 2.24) is 10.2 Å². The smallest absolute Gasteiger partial charge is 0.236 e. The van der Waals surface area contributed by atoms with Gasteiger partial charge in [0.1, 0.15) is 0 Å². The van der Waals surface area contributed by atoms with Crippen LogP contribution in [0.25, 0.3) is 0 Å². The standard InChI is InChI=1S/C9H20N2O2S/c1-5-11(3)9(12)7-10-6-8(2)14(4)13/h8,10H,5-7H2,1-4H3. The quantitative estimate of drug-likeness (QED) is 0.675. The molecule has 0 heterocycles. The summed E-state index contributed by atoms with van der Waals surface area (Å²) in [5.74, 6) is 0.0709. The fourth-order valence-electron chi connectivity index (χ4n) is 0.811. The molecule has 2 atom stereocenters. The van der Waals surface area contributed by atoms with Crippen LogP contribution >= 0.6 is 0 Å². The van der Waals surface area contributed by atoms with Crippen LogP contribution in [-0.4, -0.2) is 53.2 Å². The van der Waals surface area contributed by atoms with Gasteiger partial charge >= 0.3 is 0 Å². The lowest BCUT2D eigenvalue weighted by atomic mass is 10.4. The van der Waals surface area contributed by atoms with Gasteiger partial charge in [0, 0.05) is 42.4 Å². The Balaban J connectivity index is 3.64. The molecule has 0 bridgehead atoms. The molecule has 0 aliphatic heterocycles. The summed E-state index contributed by atoms with van der Waals surface area (Å²) in [6, 6.07) is 0. The van der Waals surface area contributed by atoms with Crippen molar-refractivity contribution in [1.29, 1.82) is 0 Å². The number of rotatable bonds is 6. The fraction of sp³-hybridized carbons (Fsp3) is 0.889. The van der Waals surface area contributed by atoms with Gasteiger partial charge in [-0.15, -0.1) is 0 Å². The fourth-order valence-corrected chi connectivity index (χ4v) is 1.16. The molecule has 0 aromatic carbocycles. The number of nitrogens with one attached hydrogen (secondary N) is 1. The Morgan fingerprint density at radius 3 is 2.57 bits per heavy atom. The summed E-state index contributed by atoms with van der Waals surface area (Å²) in [7, 11) is 0.944. The zero-order chi connectivity index (χ0) is 11.1. The topological polar surface area (TPSA) is 49.4 Å². The predicted molar refractivity (Wildman–Crippen MR) is 59.7 cm³/mol. The van der Waals surface area contributed by atoms with E-state index < -0.39 is 10.8 Å². The van der Waals surface area contributed by atoms with E-state index in [4.69, 9.17) is 0 Å². The molecule has 0 rings (SSSR count). The van der Waals surface area contributed by atoms with E-state index in [1.54, 1.807) is 18.2 Å². The molecule has 1 N–H and O–H groups in total. The third-order valence-electron chi connectivity index (χ3n) is 2.17. The number of amides is 1. The number of likely N-dealkylation sites (N-methyl/N-ethyl adjacent to an activating group) is 1. The van der Waals surface area contributed by atoms with Crippen LogP contribution in [0, 0.1) is 0 Å². The van der Waals surface area contributed by atoms with Gasteiger partial charge in [-0.25, -0.2) is 0 Å². The molecule has 0 aliphatic rings. The van der Waals surface area contributed by atoms with E-state index in [2.05, 4.69) is 5.32 Å². The average Bonchev–Trinajstić information content (AvgIpc) is 2.15. The minimum Gasteiger partial charge on any atom is -0.345 e. The monoisotopic (exact) mass is 220 g/mol. The Morgan fingerprint density at radius 1 is 1.57 bits per heavy atom. The molecule has 84 valence electrons. The Labute approximate surface area is 88.5 Å². The van der Waals surface area contributed by atoms with Crippen molar-refractivity contribution >= 4 is 16.7 Å². The molecule has 0 aromatic rings. The SMILES string of the molecule is CCN(C)C(=O)CNCC(C)S(C)=O. The van der Waals surface area contributed by atoms with E-state index in [0.717, 1.165) is 6.54 Å². The third kappa shape index (κ3) is 5.34. The Hall–Kier alpha value is -0.420. The van der Waals surface area contributed by atoms with Crippen LogP contribution in [0.15, 0.2) is 0 Å². The molecule has 0 saturated carbocycles. The van der Waals surface area contributed by atoms with Crippen LogP contribution in [0.4, 0.5) is 0 Å². The number of carbonyl (C=O) groups is 1. The molecule has 14 heavy (non-hydrogen) atoms. The first-order valence-electron chi connectivity index (χ1n) is 4.76. The van der Waals surface area contributed by atoms with Crippen molar-refractivity contribution < 1.29 is 9.00 Å². The number of nitrogens with zero attached hydrogens (tertiary/aromatic N) is 1. The first-order chi connectivity index (χ1) is 6.49. The van der Waals surface area contributed by atoms with E-state index >= 15 is 0 Å². The maximum absolute atomic E-state index is 11.3. The lowest BCUT2D eigenvalue weighted by Gasteiger charge is -2.15. The van der Waals surface area contributed by atoms with Gasteiger partial charge in [0.05, 0.1) is 6.54 Å². The number of carbonyl (C=O) groups excluding carboxylic acids is 1. The lowest BCUT2D eigenvalue weighted by Crippen LogP contribution is -2.38.